The van der Waals surface area contributed by atoms with Gasteiger partial charge in [-0.3, -0.25) is 5.10 Å². The second-order valence-electron chi connectivity index (χ2n) is 5.68. The maximum atomic E-state index is 13.5. The molecule has 0 aliphatic heterocycles. The standard InChI is InChI=1S/C18H15FN4/c1-10-7-12(3-5-15(10)19)17-18(22-11(2)21-17)13-4-6-16-14(8-13)9-20-23-16/h3-9H,1-2H3,(H,20,23)(H,21,22). The normalized spacial score (nSPS) is 11.3. The van der Waals surface area contributed by atoms with E-state index in [0.29, 0.717) is 5.56 Å². The zero-order valence-electron chi connectivity index (χ0n) is 12.8. The van der Waals surface area contributed by atoms with Crippen molar-refractivity contribution in [3.63, 3.8) is 0 Å². The molecule has 2 aromatic carbocycles. The second-order valence-corrected chi connectivity index (χ2v) is 5.68. The molecule has 5 heteroatoms. The van der Waals surface area contributed by atoms with E-state index in [2.05, 4.69) is 26.2 Å². The number of hydrogen-bond acceptors (Lipinski definition) is 2. The molecule has 0 atom stereocenters. The number of rotatable bonds is 2. The molecule has 0 aliphatic rings. The fraction of sp³-hybridized carbons (Fsp3) is 0.111. The van der Waals surface area contributed by atoms with Crippen molar-refractivity contribution in [2.45, 2.75) is 13.8 Å². The molecule has 4 nitrogen and oxygen atoms in total. The van der Waals surface area contributed by atoms with Gasteiger partial charge in [0.05, 0.1) is 23.1 Å². The summed E-state index contributed by atoms with van der Waals surface area (Å²) < 4.78 is 13.5. The molecule has 0 unspecified atom stereocenters. The van der Waals surface area contributed by atoms with Crippen LogP contribution in [0.25, 0.3) is 33.4 Å². The van der Waals surface area contributed by atoms with Crippen LogP contribution in [0.3, 0.4) is 0 Å². The van der Waals surface area contributed by atoms with Crippen molar-refractivity contribution in [3.05, 3.63) is 59.8 Å². The molecule has 0 fully saturated rings. The summed E-state index contributed by atoms with van der Waals surface area (Å²) in [4.78, 5) is 7.91. The summed E-state index contributed by atoms with van der Waals surface area (Å²) in [6.45, 7) is 3.68. The smallest absolute Gasteiger partial charge is 0.126 e. The van der Waals surface area contributed by atoms with Gasteiger partial charge >= 0.3 is 0 Å². The van der Waals surface area contributed by atoms with Gasteiger partial charge in [0.2, 0.25) is 0 Å². The first-order chi connectivity index (χ1) is 11.1. The Morgan fingerprint density at radius 3 is 2.65 bits per heavy atom. The minimum absolute atomic E-state index is 0.206. The van der Waals surface area contributed by atoms with Crippen LogP contribution in [0.4, 0.5) is 4.39 Å². The van der Waals surface area contributed by atoms with Crippen LogP contribution in [0.1, 0.15) is 11.4 Å². The van der Waals surface area contributed by atoms with Gasteiger partial charge in [-0.2, -0.15) is 5.10 Å². The Morgan fingerprint density at radius 1 is 1.00 bits per heavy atom. The zero-order chi connectivity index (χ0) is 16.0. The van der Waals surface area contributed by atoms with E-state index >= 15 is 0 Å². The lowest BCUT2D eigenvalue weighted by molar-refractivity contribution is 0.619. The summed E-state index contributed by atoms with van der Waals surface area (Å²) in [5.41, 5.74) is 5.28. The van der Waals surface area contributed by atoms with E-state index in [-0.39, 0.29) is 5.82 Å². The van der Waals surface area contributed by atoms with Crippen molar-refractivity contribution in [1.82, 2.24) is 20.2 Å². The number of aromatic nitrogens is 4. The lowest BCUT2D eigenvalue weighted by Gasteiger charge is -2.05. The number of fused-ring (bicyclic) bond motifs is 1. The quantitative estimate of drug-likeness (QED) is 0.577. The number of nitrogens with one attached hydrogen (secondary N) is 2. The fourth-order valence-electron chi connectivity index (χ4n) is 2.80. The average molecular weight is 306 g/mol. The van der Waals surface area contributed by atoms with Gasteiger partial charge < -0.3 is 4.98 Å². The van der Waals surface area contributed by atoms with Crippen LogP contribution in [0, 0.1) is 19.7 Å². The number of halogens is 1. The Kier molecular flexibility index (Phi) is 3.01. The van der Waals surface area contributed by atoms with Gasteiger partial charge in [-0.1, -0.05) is 6.07 Å². The lowest BCUT2D eigenvalue weighted by atomic mass is 10.0. The minimum Gasteiger partial charge on any atom is -0.342 e. The SMILES string of the molecule is Cc1nc(-c2ccc(F)c(C)c2)c(-c2ccc3[nH]ncc3c2)[nH]1. The van der Waals surface area contributed by atoms with E-state index in [0.717, 1.165) is 39.2 Å². The van der Waals surface area contributed by atoms with E-state index in [1.807, 2.05) is 25.1 Å². The molecular formula is C18H15FN4. The summed E-state index contributed by atoms with van der Waals surface area (Å²) in [6, 6.07) is 11.1. The van der Waals surface area contributed by atoms with Crippen LogP contribution in [0.5, 0.6) is 0 Å². The number of hydrogen-bond donors (Lipinski definition) is 2. The molecule has 0 radical (unpaired) electrons. The number of nitrogens with zero attached hydrogens (tertiary/aromatic N) is 2. The maximum Gasteiger partial charge on any atom is 0.126 e. The van der Waals surface area contributed by atoms with Gasteiger partial charge in [0.1, 0.15) is 11.6 Å². The van der Waals surface area contributed by atoms with Gasteiger partial charge in [0.15, 0.2) is 0 Å². The Bertz CT molecular complexity index is 1010. The third-order valence-corrected chi connectivity index (χ3v) is 3.98. The molecule has 2 heterocycles. The minimum atomic E-state index is -0.206. The van der Waals surface area contributed by atoms with Gasteiger partial charge in [-0.05, 0) is 49.7 Å². The van der Waals surface area contributed by atoms with Crippen LogP contribution in [0.2, 0.25) is 0 Å². The van der Waals surface area contributed by atoms with E-state index in [4.69, 9.17) is 0 Å². The molecule has 4 aromatic rings. The third-order valence-electron chi connectivity index (χ3n) is 3.98. The van der Waals surface area contributed by atoms with Crippen LogP contribution >= 0.6 is 0 Å². The second kappa shape index (κ2) is 5.05. The van der Waals surface area contributed by atoms with E-state index in [1.165, 1.54) is 6.07 Å². The number of imidazole rings is 1. The van der Waals surface area contributed by atoms with Gasteiger partial charge in [-0.15, -0.1) is 0 Å². The predicted octanol–water partition coefficient (Wildman–Crippen LogP) is 4.38. The van der Waals surface area contributed by atoms with E-state index in [1.54, 1.807) is 19.2 Å². The van der Waals surface area contributed by atoms with Crippen molar-refractivity contribution in [2.24, 2.45) is 0 Å². The van der Waals surface area contributed by atoms with Crippen molar-refractivity contribution in [1.29, 1.82) is 0 Å². The van der Waals surface area contributed by atoms with Crippen molar-refractivity contribution >= 4 is 10.9 Å². The van der Waals surface area contributed by atoms with E-state index < -0.39 is 0 Å². The van der Waals surface area contributed by atoms with Gasteiger partial charge in [0, 0.05) is 16.5 Å². The number of benzene rings is 2. The molecule has 0 aliphatic carbocycles. The Labute approximate surface area is 132 Å². The first kappa shape index (κ1) is 13.7. The Morgan fingerprint density at radius 2 is 1.83 bits per heavy atom. The summed E-state index contributed by atoms with van der Waals surface area (Å²) in [7, 11) is 0. The maximum absolute atomic E-state index is 13.5. The van der Waals surface area contributed by atoms with Crippen molar-refractivity contribution in [2.75, 3.05) is 0 Å². The van der Waals surface area contributed by atoms with Crippen LogP contribution < -0.4 is 0 Å². The predicted molar refractivity (Wildman–Crippen MR) is 88.5 cm³/mol. The molecule has 114 valence electrons. The molecule has 2 aromatic heterocycles. The molecule has 4 rings (SSSR count). The highest BCUT2D eigenvalue weighted by atomic mass is 19.1. The molecule has 0 saturated carbocycles. The summed E-state index contributed by atoms with van der Waals surface area (Å²) in [6.07, 6.45) is 1.80. The molecule has 0 bridgehead atoms. The topological polar surface area (TPSA) is 57.4 Å². The highest BCUT2D eigenvalue weighted by molar-refractivity contribution is 5.87. The average Bonchev–Trinajstić information content (AvgIpc) is 3.15. The first-order valence-electron chi connectivity index (χ1n) is 7.38. The lowest BCUT2D eigenvalue weighted by Crippen LogP contribution is -1.87. The van der Waals surface area contributed by atoms with Crippen LogP contribution in [-0.2, 0) is 0 Å². The monoisotopic (exact) mass is 306 g/mol. The summed E-state index contributed by atoms with van der Waals surface area (Å²) >= 11 is 0. The van der Waals surface area contributed by atoms with E-state index in [9.17, 15) is 4.39 Å². The Hall–Kier alpha value is -2.95. The number of aryl methyl sites for hydroxylation is 2. The molecule has 23 heavy (non-hydrogen) atoms. The van der Waals surface area contributed by atoms with Gasteiger partial charge in [0.25, 0.3) is 0 Å². The fourth-order valence-corrected chi connectivity index (χ4v) is 2.80. The summed E-state index contributed by atoms with van der Waals surface area (Å²) in [5.74, 6) is 0.617. The summed E-state index contributed by atoms with van der Waals surface area (Å²) in [5, 5.41) is 8.03. The molecule has 2 N–H and O–H groups in total. The molecular weight excluding hydrogens is 291 g/mol. The van der Waals surface area contributed by atoms with Crippen LogP contribution in [-0.4, -0.2) is 20.2 Å². The Balaban J connectivity index is 1.90. The van der Waals surface area contributed by atoms with Gasteiger partial charge in [-0.25, -0.2) is 9.37 Å². The first-order valence-corrected chi connectivity index (χ1v) is 7.38. The zero-order valence-corrected chi connectivity index (χ0v) is 12.8. The third kappa shape index (κ3) is 2.30. The molecule has 0 saturated heterocycles. The number of H-pyrrole nitrogens is 2. The number of aromatic amines is 2. The molecule has 0 amide bonds. The largest absolute Gasteiger partial charge is 0.342 e. The highest BCUT2D eigenvalue weighted by Gasteiger charge is 2.14. The van der Waals surface area contributed by atoms with Crippen LogP contribution in [0.15, 0.2) is 42.6 Å². The van der Waals surface area contributed by atoms with Crippen molar-refractivity contribution < 1.29 is 4.39 Å². The van der Waals surface area contributed by atoms with Crippen molar-refractivity contribution in [3.8, 4) is 22.5 Å². The highest BCUT2D eigenvalue weighted by Crippen LogP contribution is 2.32. The molecule has 0 spiro atoms.